The van der Waals surface area contributed by atoms with Crippen molar-refractivity contribution in [2.75, 3.05) is 26.2 Å². The van der Waals surface area contributed by atoms with E-state index in [1.165, 1.54) is 19.4 Å². The second-order valence-corrected chi connectivity index (χ2v) is 6.68. The molecule has 1 aromatic rings. The number of likely N-dealkylation sites (tertiary alicyclic amines) is 1. The number of carbonyl (C=O) groups is 1. The molecule has 144 valence electrons. The van der Waals surface area contributed by atoms with Gasteiger partial charge in [-0.1, -0.05) is 37.3 Å². The number of likely N-dealkylation sites (N-methyl/N-ethyl adjacent to an activating group) is 1. The van der Waals surface area contributed by atoms with Crippen LogP contribution >= 0.6 is 0 Å². The molecule has 0 aromatic heterocycles. The summed E-state index contributed by atoms with van der Waals surface area (Å²) >= 11 is 0. The van der Waals surface area contributed by atoms with Crippen LogP contribution in [0.15, 0.2) is 35.3 Å². The third-order valence-corrected chi connectivity index (χ3v) is 4.73. The molecule has 6 nitrogen and oxygen atoms in total. The van der Waals surface area contributed by atoms with Crippen LogP contribution in [-0.2, 0) is 16.1 Å². The predicted octanol–water partition coefficient (Wildman–Crippen LogP) is 2.29. The number of nitrogens with two attached hydrogens (primary N) is 1. The van der Waals surface area contributed by atoms with Crippen LogP contribution in [-0.4, -0.2) is 49.0 Å². The van der Waals surface area contributed by atoms with Crippen LogP contribution in [0.2, 0.25) is 0 Å². The van der Waals surface area contributed by atoms with Crippen LogP contribution in [0.25, 0.3) is 0 Å². The number of hydrogen-bond donors (Lipinski definition) is 2. The van der Waals surface area contributed by atoms with Gasteiger partial charge in [-0.05, 0) is 44.3 Å². The van der Waals surface area contributed by atoms with Crippen LogP contribution in [0.1, 0.15) is 44.6 Å². The van der Waals surface area contributed by atoms with Gasteiger partial charge in [0.05, 0.1) is 6.54 Å². The molecule has 2 rings (SSSR count). The first-order chi connectivity index (χ1) is 12.7. The van der Waals surface area contributed by atoms with E-state index in [1.54, 1.807) is 0 Å². The fourth-order valence-electron chi connectivity index (χ4n) is 3.20. The van der Waals surface area contributed by atoms with Gasteiger partial charge in [-0.15, -0.1) is 0 Å². The number of nitrogens with one attached hydrogen (secondary N) is 1. The van der Waals surface area contributed by atoms with Crippen LogP contribution < -0.4 is 11.1 Å². The van der Waals surface area contributed by atoms with Gasteiger partial charge in [-0.2, -0.15) is 0 Å². The maximum Gasteiger partial charge on any atom is 0.306 e. The second kappa shape index (κ2) is 11.5. The average molecular weight is 361 g/mol. The molecule has 6 heteroatoms. The number of benzene rings is 1. The molecule has 1 heterocycles. The van der Waals surface area contributed by atoms with Gasteiger partial charge in [-0.25, -0.2) is 0 Å². The maximum absolute atomic E-state index is 11.7. The van der Waals surface area contributed by atoms with Crippen molar-refractivity contribution >= 4 is 11.9 Å². The summed E-state index contributed by atoms with van der Waals surface area (Å²) in [6, 6.07) is 10.2. The van der Waals surface area contributed by atoms with Crippen molar-refractivity contribution in [1.82, 2.24) is 10.2 Å². The van der Waals surface area contributed by atoms with Gasteiger partial charge in [-0.3, -0.25) is 14.7 Å². The minimum atomic E-state index is -0.156. The number of hydrogen-bond acceptors (Lipinski definition) is 4. The van der Waals surface area contributed by atoms with Crippen LogP contribution in [0.4, 0.5) is 0 Å². The summed E-state index contributed by atoms with van der Waals surface area (Å²) in [6.07, 6.45) is 4.53. The highest BCUT2D eigenvalue weighted by atomic mass is 16.5. The molecule has 0 spiro atoms. The molecule has 0 amide bonds. The number of unbranched alkanes of at least 4 members (excludes halogenated alkanes) is 1. The van der Waals surface area contributed by atoms with Crippen LogP contribution in [0, 0.1) is 0 Å². The highest BCUT2D eigenvalue weighted by Gasteiger charge is 2.22. The third-order valence-electron chi connectivity index (χ3n) is 4.73. The van der Waals surface area contributed by atoms with Gasteiger partial charge in [0.25, 0.3) is 0 Å². The maximum atomic E-state index is 11.7. The zero-order chi connectivity index (χ0) is 18.6. The number of esters is 1. The number of aliphatic imine (C=N–C) groups is 1. The van der Waals surface area contributed by atoms with Crippen LogP contribution in [0.3, 0.4) is 0 Å². The van der Waals surface area contributed by atoms with Gasteiger partial charge < -0.3 is 15.8 Å². The molecule has 1 unspecified atom stereocenters. The molecule has 1 fully saturated rings. The SMILES string of the molecule is CCN1CCCC1CN=C(N)NCCCCC(=O)OCc1ccccc1. The summed E-state index contributed by atoms with van der Waals surface area (Å²) in [7, 11) is 0. The van der Waals surface area contributed by atoms with Crippen molar-refractivity contribution in [2.24, 2.45) is 10.7 Å². The Labute approximate surface area is 156 Å². The van der Waals surface area contributed by atoms with E-state index in [4.69, 9.17) is 10.5 Å². The molecule has 1 saturated heterocycles. The van der Waals surface area contributed by atoms with Crippen molar-refractivity contribution in [3.05, 3.63) is 35.9 Å². The number of nitrogens with zero attached hydrogens (tertiary/aromatic N) is 2. The summed E-state index contributed by atoms with van der Waals surface area (Å²) in [5.41, 5.74) is 6.93. The summed E-state index contributed by atoms with van der Waals surface area (Å²) in [5.74, 6) is 0.344. The van der Waals surface area contributed by atoms with Crippen molar-refractivity contribution in [2.45, 2.75) is 51.7 Å². The highest BCUT2D eigenvalue weighted by molar-refractivity contribution is 5.77. The van der Waals surface area contributed by atoms with E-state index < -0.39 is 0 Å². The Bertz CT molecular complexity index is 562. The standard InChI is InChI=1S/C20H32N4O2/c1-2-24-14-8-11-18(24)15-23-20(21)22-13-7-6-12-19(25)26-16-17-9-4-3-5-10-17/h3-5,9-10,18H,2,6-8,11-16H2,1H3,(H3,21,22,23). The Kier molecular flexibility index (Phi) is 8.96. The number of guanidine groups is 1. The monoisotopic (exact) mass is 360 g/mol. The first-order valence-electron chi connectivity index (χ1n) is 9.66. The Morgan fingerprint density at radius 1 is 1.35 bits per heavy atom. The molecule has 1 atom stereocenters. The number of rotatable bonds is 10. The lowest BCUT2D eigenvalue weighted by molar-refractivity contribution is -0.145. The molecule has 1 aromatic carbocycles. The summed E-state index contributed by atoms with van der Waals surface area (Å²) in [6.45, 7) is 6.27. The minimum absolute atomic E-state index is 0.156. The zero-order valence-electron chi connectivity index (χ0n) is 15.8. The molecule has 1 aliphatic rings. The lowest BCUT2D eigenvalue weighted by Crippen LogP contribution is -2.36. The van der Waals surface area contributed by atoms with Gasteiger partial charge in [0.15, 0.2) is 5.96 Å². The van der Waals surface area contributed by atoms with E-state index >= 15 is 0 Å². The van der Waals surface area contributed by atoms with E-state index in [2.05, 4.69) is 22.1 Å². The Morgan fingerprint density at radius 3 is 2.92 bits per heavy atom. The van der Waals surface area contributed by atoms with E-state index in [0.29, 0.717) is 25.0 Å². The lowest BCUT2D eigenvalue weighted by Gasteiger charge is -2.20. The van der Waals surface area contributed by atoms with E-state index in [9.17, 15) is 4.79 Å². The molecule has 26 heavy (non-hydrogen) atoms. The average Bonchev–Trinajstić information content (AvgIpc) is 3.13. The van der Waals surface area contributed by atoms with E-state index in [1.807, 2.05) is 30.3 Å². The van der Waals surface area contributed by atoms with Crippen molar-refractivity contribution in [3.8, 4) is 0 Å². The molecule has 0 saturated carbocycles. The molecular formula is C20H32N4O2. The lowest BCUT2D eigenvalue weighted by atomic mass is 10.2. The van der Waals surface area contributed by atoms with Gasteiger partial charge in [0, 0.05) is 19.0 Å². The Morgan fingerprint density at radius 2 is 2.15 bits per heavy atom. The molecule has 0 radical (unpaired) electrons. The van der Waals surface area contributed by atoms with Gasteiger partial charge in [0.2, 0.25) is 0 Å². The first kappa shape index (κ1) is 20.2. The van der Waals surface area contributed by atoms with Crippen LogP contribution in [0.5, 0.6) is 0 Å². The van der Waals surface area contributed by atoms with Crippen molar-refractivity contribution < 1.29 is 9.53 Å². The van der Waals surface area contributed by atoms with Gasteiger partial charge >= 0.3 is 5.97 Å². The van der Waals surface area contributed by atoms with E-state index in [-0.39, 0.29) is 5.97 Å². The topological polar surface area (TPSA) is 80.0 Å². The number of ether oxygens (including phenoxy) is 1. The molecule has 0 bridgehead atoms. The first-order valence-corrected chi connectivity index (χ1v) is 9.66. The molecule has 3 N–H and O–H groups in total. The van der Waals surface area contributed by atoms with Crippen molar-refractivity contribution in [3.63, 3.8) is 0 Å². The fraction of sp³-hybridized carbons (Fsp3) is 0.600. The van der Waals surface area contributed by atoms with E-state index in [0.717, 1.165) is 38.0 Å². The normalized spacial score (nSPS) is 18.0. The Hall–Kier alpha value is -2.08. The highest BCUT2D eigenvalue weighted by Crippen LogP contribution is 2.16. The summed E-state index contributed by atoms with van der Waals surface area (Å²) < 4.78 is 5.26. The van der Waals surface area contributed by atoms with Gasteiger partial charge in [0.1, 0.15) is 6.61 Å². The molecular weight excluding hydrogens is 328 g/mol. The van der Waals surface area contributed by atoms with Crippen molar-refractivity contribution in [1.29, 1.82) is 0 Å². The molecule has 0 aliphatic carbocycles. The fourth-order valence-corrected chi connectivity index (χ4v) is 3.20. The largest absolute Gasteiger partial charge is 0.461 e. The quantitative estimate of drug-likeness (QED) is 0.290. The smallest absolute Gasteiger partial charge is 0.306 e. The number of carbonyl (C=O) groups excluding carboxylic acids is 1. The molecule has 1 aliphatic heterocycles. The summed E-state index contributed by atoms with van der Waals surface area (Å²) in [4.78, 5) is 18.6. The third kappa shape index (κ3) is 7.44. The second-order valence-electron chi connectivity index (χ2n) is 6.68. The Balaban J connectivity index is 1.51. The predicted molar refractivity (Wildman–Crippen MR) is 105 cm³/mol. The zero-order valence-corrected chi connectivity index (χ0v) is 15.8. The minimum Gasteiger partial charge on any atom is -0.461 e. The summed E-state index contributed by atoms with van der Waals surface area (Å²) in [5, 5.41) is 3.13.